The third kappa shape index (κ3) is 3.53. The predicted molar refractivity (Wildman–Crippen MR) is 74.9 cm³/mol. The van der Waals surface area contributed by atoms with Crippen molar-refractivity contribution in [1.82, 2.24) is 0 Å². The molecule has 0 aliphatic carbocycles. The summed E-state index contributed by atoms with van der Waals surface area (Å²) in [7, 11) is 0. The van der Waals surface area contributed by atoms with Crippen LogP contribution in [-0.4, -0.2) is 11.9 Å². The van der Waals surface area contributed by atoms with E-state index in [1.54, 1.807) is 13.0 Å². The highest BCUT2D eigenvalue weighted by atomic mass is 79.9. The number of anilines is 1. The van der Waals surface area contributed by atoms with Crippen LogP contribution in [0.2, 0.25) is 0 Å². The molecule has 2 atom stereocenters. The van der Waals surface area contributed by atoms with Gasteiger partial charge in [-0.15, -0.1) is 0 Å². The average molecular weight is 317 g/mol. The summed E-state index contributed by atoms with van der Waals surface area (Å²) >= 11 is 3.09. The fourth-order valence-electron chi connectivity index (χ4n) is 1.51. The van der Waals surface area contributed by atoms with Gasteiger partial charge in [-0.1, -0.05) is 20.3 Å². The topological polar surface area (TPSA) is 55.1 Å². The van der Waals surface area contributed by atoms with Gasteiger partial charge in [-0.2, -0.15) is 0 Å². The van der Waals surface area contributed by atoms with Gasteiger partial charge in [-0.05, 0) is 46.5 Å². The molecule has 0 fully saturated rings. The molecule has 1 amide bonds. The van der Waals surface area contributed by atoms with Gasteiger partial charge in [0.05, 0.1) is 10.5 Å². The molecule has 0 aliphatic heterocycles. The fraction of sp³-hybridized carbons (Fsp3) is 0.462. The molecule has 18 heavy (non-hydrogen) atoms. The molecule has 1 aromatic rings. The summed E-state index contributed by atoms with van der Waals surface area (Å²) in [5, 5.41) is 2.73. The lowest BCUT2D eigenvalue weighted by molar-refractivity contribution is -0.118. The summed E-state index contributed by atoms with van der Waals surface area (Å²) in [6.45, 7) is 5.65. The molecule has 0 aliphatic rings. The van der Waals surface area contributed by atoms with Gasteiger partial charge in [0.15, 0.2) is 0 Å². The number of nitrogens with two attached hydrogens (primary N) is 1. The van der Waals surface area contributed by atoms with Crippen molar-refractivity contribution < 1.29 is 9.18 Å². The zero-order chi connectivity index (χ0) is 13.9. The molecule has 100 valence electrons. The minimum absolute atomic E-state index is 0.106. The number of aryl methyl sites for hydroxylation is 1. The van der Waals surface area contributed by atoms with Crippen molar-refractivity contribution in [1.29, 1.82) is 0 Å². The van der Waals surface area contributed by atoms with Gasteiger partial charge in [0.2, 0.25) is 5.91 Å². The summed E-state index contributed by atoms with van der Waals surface area (Å²) in [4.78, 5) is 11.9. The van der Waals surface area contributed by atoms with Gasteiger partial charge in [0, 0.05) is 5.69 Å². The summed E-state index contributed by atoms with van der Waals surface area (Å²) in [6.07, 6.45) is 0.834. The van der Waals surface area contributed by atoms with E-state index in [1.807, 2.05) is 13.8 Å². The number of hydrogen-bond donors (Lipinski definition) is 2. The molecule has 0 aromatic heterocycles. The highest BCUT2D eigenvalue weighted by molar-refractivity contribution is 9.10. The number of benzene rings is 1. The van der Waals surface area contributed by atoms with E-state index in [9.17, 15) is 9.18 Å². The summed E-state index contributed by atoms with van der Waals surface area (Å²) in [5.41, 5.74) is 7.08. The van der Waals surface area contributed by atoms with Crippen molar-refractivity contribution in [2.45, 2.75) is 33.2 Å². The number of carbonyl (C=O) groups is 1. The van der Waals surface area contributed by atoms with Crippen LogP contribution in [0.5, 0.6) is 0 Å². The Balaban J connectivity index is 2.85. The van der Waals surface area contributed by atoms with Gasteiger partial charge < -0.3 is 11.1 Å². The fourth-order valence-corrected chi connectivity index (χ4v) is 1.85. The molecular formula is C13H18BrFN2O. The SMILES string of the molecule is CCC(C)C(N)C(=O)Nc1cc(Br)c(F)cc1C. The molecule has 0 saturated carbocycles. The minimum Gasteiger partial charge on any atom is -0.324 e. The molecule has 5 heteroatoms. The van der Waals surface area contributed by atoms with Crippen LogP contribution in [0.1, 0.15) is 25.8 Å². The first kappa shape index (κ1) is 15.1. The first-order valence-electron chi connectivity index (χ1n) is 5.88. The first-order chi connectivity index (χ1) is 8.36. The first-order valence-corrected chi connectivity index (χ1v) is 6.68. The van der Waals surface area contributed by atoms with Gasteiger partial charge in [-0.25, -0.2) is 4.39 Å². The molecule has 0 bridgehead atoms. The van der Waals surface area contributed by atoms with Crippen LogP contribution in [0.25, 0.3) is 0 Å². The van der Waals surface area contributed by atoms with Gasteiger partial charge in [-0.3, -0.25) is 4.79 Å². The second kappa shape index (κ2) is 6.29. The second-order valence-corrected chi connectivity index (χ2v) is 5.34. The average Bonchev–Trinajstić information content (AvgIpc) is 2.33. The van der Waals surface area contributed by atoms with Crippen molar-refractivity contribution in [2.24, 2.45) is 11.7 Å². The highest BCUT2D eigenvalue weighted by Crippen LogP contribution is 2.24. The second-order valence-electron chi connectivity index (χ2n) is 4.48. The molecule has 1 aromatic carbocycles. The van der Waals surface area contributed by atoms with Gasteiger partial charge in [0.25, 0.3) is 0 Å². The third-order valence-corrected chi connectivity index (χ3v) is 3.69. The standard InChI is InChI=1S/C13H18BrFN2O/c1-4-7(2)12(16)13(18)17-11-6-9(14)10(15)5-8(11)3/h5-7,12H,4,16H2,1-3H3,(H,17,18). The van der Waals surface area contributed by atoms with Crippen molar-refractivity contribution in [3.8, 4) is 0 Å². The van der Waals surface area contributed by atoms with Crippen LogP contribution in [0.3, 0.4) is 0 Å². The van der Waals surface area contributed by atoms with Crippen LogP contribution in [0.15, 0.2) is 16.6 Å². The van der Waals surface area contributed by atoms with Crippen LogP contribution in [0.4, 0.5) is 10.1 Å². The molecule has 1 rings (SSSR count). The third-order valence-electron chi connectivity index (χ3n) is 3.08. The molecule has 0 radical (unpaired) electrons. The number of nitrogens with one attached hydrogen (secondary N) is 1. The lowest BCUT2D eigenvalue weighted by atomic mass is 9.99. The van der Waals surface area contributed by atoms with Crippen LogP contribution in [0, 0.1) is 18.7 Å². The molecule has 0 saturated heterocycles. The smallest absolute Gasteiger partial charge is 0.241 e. The zero-order valence-corrected chi connectivity index (χ0v) is 12.3. The van der Waals surface area contributed by atoms with E-state index >= 15 is 0 Å². The Labute approximate surface area is 115 Å². The Morgan fingerprint density at radius 1 is 1.56 bits per heavy atom. The predicted octanol–water partition coefficient (Wildman–Crippen LogP) is 3.21. The number of hydrogen-bond acceptors (Lipinski definition) is 2. The lowest BCUT2D eigenvalue weighted by Crippen LogP contribution is -2.40. The molecule has 3 nitrogen and oxygen atoms in total. The van der Waals surface area contributed by atoms with Crippen molar-refractivity contribution in [3.05, 3.63) is 28.0 Å². The minimum atomic E-state index is -0.557. The maximum atomic E-state index is 13.3. The van der Waals surface area contributed by atoms with Crippen molar-refractivity contribution in [2.75, 3.05) is 5.32 Å². The Kier molecular flexibility index (Phi) is 5.28. The van der Waals surface area contributed by atoms with E-state index in [2.05, 4.69) is 21.2 Å². The molecular weight excluding hydrogens is 299 g/mol. The largest absolute Gasteiger partial charge is 0.324 e. The van der Waals surface area contributed by atoms with E-state index in [0.717, 1.165) is 6.42 Å². The van der Waals surface area contributed by atoms with E-state index in [1.165, 1.54) is 6.07 Å². The van der Waals surface area contributed by atoms with E-state index in [0.29, 0.717) is 15.7 Å². The Bertz CT molecular complexity index is 451. The molecule has 2 unspecified atom stereocenters. The molecule has 0 spiro atoms. The quantitative estimate of drug-likeness (QED) is 0.896. The number of carbonyl (C=O) groups excluding carboxylic acids is 1. The van der Waals surface area contributed by atoms with Crippen LogP contribution in [-0.2, 0) is 4.79 Å². The zero-order valence-electron chi connectivity index (χ0n) is 10.8. The number of amides is 1. The Morgan fingerprint density at radius 2 is 2.17 bits per heavy atom. The van der Waals surface area contributed by atoms with E-state index in [-0.39, 0.29) is 17.6 Å². The summed E-state index contributed by atoms with van der Waals surface area (Å²) in [5.74, 6) is -0.489. The van der Waals surface area contributed by atoms with Crippen molar-refractivity contribution >= 4 is 27.5 Å². The maximum absolute atomic E-state index is 13.3. The normalized spacial score (nSPS) is 14.1. The maximum Gasteiger partial charge on any atom is 0.241 e. The van der Waals surface area contributed by atoms with Crippen molar-refractivity contribution in [3.63, 3.8) is 0 Å². The van der Waals surface area contributed by atoms with Gasteiger partial charge >= 0.3 is 0 Å². The van der Waals surface area contributed by atoms with E-state index < -0.39 is 6.04 Å². The number of halogens is 2. The van der Waals surface area contributed by atoms with E-state index in [4.69, 9.17) is 5.73 Å². The Hall–Kier alpha value is -0.940. The van der Waals surface area contributed by atoms with Crippen LogP contribution < -0.4 is 11.1 Å². The molecule has 3 N–H and O–H groups in total. The number of rotatable bonds is 4. The summed E-state index contributed by atoms with van der Waals surface area (Å²) < 4.78 is 13.6. The summed E-state index contributed by atoms with van der Waals surface area (Å²) in [6, 6.07) is 2.36. The van der Waals surface area contributed by atoms with Crippen LogP contribution >= 0.6 is 15.9 Å². The Morgan fingerprint density at radius 3 is 2.72 bits per heavy atom. The van der Waals surface area contributed by atoms with Gasteiger partial charge in [0.1, 0.15) is 5.82 Å². The monoisotopic (exact) mass is 316 g/mol. The lowest BCUT2D eigenvalue weighted by Gasteiger charge is -2.18. The molecule has 0 heterocycles. The highest BCUT2D eigenvalue weighted by Gasteiger charge is 2.20.